The Kier molecular flexibility index (Phi) is 8.00. The minimum Gasteiger partial charge on any atom is -0.492 e. The van der Waals surface area contributed by atoms with E-state index in [2.05, 4.69) is 80.0 Å². The average Bonchev–Trinajstić information content (AvgIpc) is 2.63. The summed E-state index contributed by atoms with van der Waals surface area (Å²) >= 11 is 0. The molecule has 0 bridgehead atoms. The van der Waals surface area contributed by atoms with Crippen molar-refractivity contribution in [3.63, 3.8) is 0 Å². The Labute approximate surface area is 170 Å². The summed E-state index contributed by atoms with van der Waals surface area (Å²) in [4.78, 5) is 5.02. The molecule has 0 spiro atoms. The van der Waals surface area contributed by atoms with E-state index in [0.717, 1.165) is 45.1 Å². The predicted molar refractivity (Wildman–Crippen MR) is 118 cm³/mol. The Morgan fingerprint density at radius 1 is 0.963 bits per heavy atom. The van der Waals surface area contributed by atoms with Crippen LogP contribution in [-0.4, -0.2) is 44.2 Å². The van der Waals surface area contributed by atoms with E-state index >= 15 is 0 Å². The molecule has 0 aliphatic carbocycles. The van der Waals surface area contributed by atoms with Crippen LogP contribution in [0.25, 0.3) is 0 Å². The standard InChI is InChI=1S/C23H32N2O.ClH/c1-18(2)21-10-9-19(3)17-23(21)26-16-15-24-11-13-25(14-12-24)22-8-6-5-7-20(22)4;/h5-10,17-18H,11-16H2,1-4H3;1H. The van der Waals surface area contributed by atoms with Crippen molar-refractivity contribution in [3.8, 4) is 5.75 Å². The summed E-state index contributed by atoms with van der Waals surface area (Å²) in [5.74, 6) is 1.54. The second kappa shape index (κ2) is 10.0. The van der Waals surface area contributed by atoms with E-state index in [0.29, 0.717) is 5.92 Å². The fraction of sp³-hybridized carbons (Fsp3) is 0.478. The lowest BCUT2D eigenvalue weighted by Gasteiger charge is -2.36. The van der Waals surface area contributed by atoms with Gasteiger partial charge >= 0.3 is 0 Å². The van der Waals surface area contributed by atoms with Gasteiger partial charge in [-0.1, -0.05) is 44.2 Å². The Balaban J connectivity index is 0.00000261. The van der Waals surface area contributed by atoms with Crippen molar-refractivity contribution in [2.45, 2.75) is 33.6 Å². The van der Waals surface area contributed by atoms with Gasteiger partial charge in [-0.15, -0.1) is 12.4 Å². The number of hydrogen-bond donors (Lipinski definition) is 0. The molecular formula is C23H33ClN2O. The molecule has 1 fully saturated rings. The molecule has 0 aromatic heterocycles. The summed E-state index contributed by atoms with van der Waals surface area (Å²) < 4.78 is 6.16. The summed E-state index contributed by atoms with van der Waals surface area (Å²) in [5.41, 5.74) is 5.31. The number of nitrogens with zero attached hydrogens (tertiary/aromatic N) is 2. The van der Waals surface area contributed by atoms with Crippen LogP contribution in [0.15, 0.2) is 42.5 Å². The molecule has 0 saturated carbocycles. The molecule has 2 aromatic carbocycles. The van der Waals surface area contributed by atoms with Gasteiger partial charge in [0.1, 0.15) is 12.4 Å². The smallest absolute Gasteiger partial charge is 0.123 e. The molecule has 1 saturated heterocycles. The quantitative estimate of drug-likeness (QED) is 0.688. The Bertz CT molecular complexity index is 724. The lowest BCUT2D eigenvalue weighted by molar-refractivity contribution is 0.199. The van der Waals surface area contributed by atoms with E-state index in [1.54, 1.807) is 0 Å². The van der Waals surface area contributed by atoms with E-state index in [-0.39, 0.29) is 12.4 Å². The van der Waals surface area contributed by atoms with Gasteiger partial charge in [0.15, 0.2) is 0 Å². The van der Waals surface area contributed by atoms with E-state index in [9.17, 15) is 0 Å². The van der Waals surface area contributed by atoms with Gasteiger partial charge in [0, 0.05) is 38.4 Å². The Morgan fingerprint density at radius 2 is 1.67 bits per heavy atom. The SMILES string of the molecule is Cc1ccc(C(C)C)c(OCCN2CCN(c3ccccc3C)CC2)c1.Cl. The first-order valence-corrected chi connectivity index (χ1v) is 9.81. The first-order valence-electron chi connectivity index (χ1n) is 9.81. The summed E-state index contributed by atoms with van der Waals surface area (Å²) in [7, 11) is 0. The molecule has 1 heterocycles. The molecule has 4 heteroatoms. The second-order valence-corrected chi connectivity index (χ2v) is 7.66. The second-order valence-electron chi connectivity index (χ2n) is 7.66. The van der Waals surface area contributed by atoms with Crippen molar-refractivity contribution >= 4 is 18.1 Å². The van der Waals surface area contributed by atoms with Gasteiger partial charge in [-0.2, -0.15) is 0 Å². The number of para-hydroxylation sites is 1. The summed E-state index contributed by atoms with van der Waals surface area (Å²) in [6, 6.07) is 15.2. The van der Waals surface area contributed by atoms with Crippen LogP contribution in [0.1, 0.15) is 36.5 Å². The number of benzene rings is 2. The number of piperazine rings is 1. The van der Waals surface area contributed by atoms with Crippen LogP contribution < -0.4 is 9.64 Å². The molecule has 3 nitrogen and oxygen atoms in total. The topological polar surface area (TPSA) is 15.7 Å². The third kappa shape index (κ3) is 5.63. The highest BCUT2D eigenvalue weighted by molar-refractivity contribution is 5.85. The summed E-state index contributed by atoms with van der Waals surface area (Å²) in [6.07, 6.45) is 0. The molecule has 27 heavy (non-hydrogen) atoms. The fourth-order valence-electron chi connectivity index (χ4n) is 3.66. The summed E-state index contributed by atoms with van der Waals surface area (Å²) in [6.45, 7) is 14.9. The molecule has 0 atom stereocenters. The van der Waals surface area contributed by atoms with Crippen LogP contribution in [0.5, 0.6) is 5.75 Å². The fourth-order valence-corrected chi connectivity index (χ4v) is 3.66. The van der Waals surface area contributed by atoms with Crippen molar-refractivity contribution in [2.24, 2.45) is 0 Å². The maximum Gasteiger partial charge on any atom is 0.123 e. The van der Waals surface area contributed by atoms with E-state index in [4.69, 9.17) is 4.74 Å². The van der Waals surface area contributed by atoms with Gasteiger partial charge in [-0.25, -0.2) is 0 Å². The first kappa shape index (κ1) is 21.6. The molecular weight excluding hydrogens is 356 g/mol. The Hall–Kier alpha value is -1.71. The largest absolute Gasteiger partial charge is 0.492 e. The first-order chi connectivity index (χ1) is 12.5. The normalized spacial score (nSPS) is 14.9. The number of rotatable bonds is 6. The van der Waals surface area contributed by atoms with Crippen LogP contribution in [0.2, 0.25) is 0 Å². The number of anilines is 1. The highest BCUT2D eigenvalue weighted by atomic mass is 35.5. The van der Waals surface area contributed by atoms with Crippen LogP contribution in [0, 0.1) is 13.8 Å². The van der Waals surface area contributed by atoms with Crippen molar-refractivity contribution in [1.29, 1.82) is 0 Å². The molecule has 0 N–H and O–H groups in total. The van der Waals surface area contributed by atoms with Gasteiger partial charge in [-0.3, -0.25) is 4.90 Å². The zero-order valence-corrected chi connectivity index (χ0v) is 17.9. The minimum absolute atomic E-state index is 0. The average molecular weight is 389 g/mol. The van der Waals surface area contributed by atoms with Crippen LogP contribution in [0.4, 0.5) is 5.69 Å². The molecule has 0 unspecified atom stereocenters. The molecule has 2 aromatic rings. The van der Waals surface area contributed by atoms with Gasteiger partial charge < -0.3 is 9.64 Å². The molecule has 1 aliphatic heterocycles. The van der Waals surface area contributed by atoms with E-state index < -0.39 is 0 Å². The van der Waals surface area contributed by atoms with E-state index in [1.165, 1.54) is 22.4 Å². The van der Waals surface area contributed by atoms with E-state index in [1.807, 2.05) is 0 Å². The number of halogens is 1. The monoisotopic (exact) mass is 388 g/mol. The minimum atomic E-state index is 0. The number of ether oxygens (including phenoxy) is 1. The highest BCUT2D eigenvalue weighted by Crippen LogP contribution is 2.27. The lowest BCUT2D eigenvalue weighted by atomic mass is 10.0. The molecule has 0 amide bonds. The third-order valence-corrected chi connectivity index (χ3v) is 5.28. The molecule has 148 valence electrons. The predicted octanol–water partition coefficient (Wildman–Crippen LogP) is 5.05. The molecule has 1 aliphatic rings. The maximum atomic E-state index is 6.16. The summed E-state index contributed by atoms with van der Waals surface area (Å²) in [5, 5.41) is 0. The van der Waals surface area contributed by atoms with Crippen LogP contribution in [-0.2, 0) is 0 Å². The third-order valence-electron chi connectivity index (χ3n) is 5.28. The highest BCUT2D eigenvalue weighted by Gasteiger charge is 2.18. The van der Waals surface area contributed by atoms with Crippen molar-refractivity contribution in [2.75, 3.05) is 44.2 Å². The van der Waals surface area contributed by atoms with Gasteiger partial charge in [0.25, 0.3) is 0 Å². The number of aryl methyl sites for hydroxylation is 2. The van der Waals surface area contributed by atoms with Gasteiger partial charge in [-0.05, 0) is 48.6 Å². The Morgan fingerprint density at radius 3 is 2.33 bits per heavy atom. The zero-order valence-electron chi connectivity index (χ0n) is 17.1. The van der Waals surface area contributed by atoms with Gasteiger partial charge in [0.05, 0.1) is 0 Å². The zero-order chi connectivity index (χ0) is 18.5. The van der Waals surface area contributed by atoms with Crippen molar-refractivity contribution in [3.05, 3.63) is 59.2 Å². The lowest BCUT2D eigenvalue weighted by Crippen LogP contribution is -2.47. The molecule has 3 rings (SSSR count). The van der Waals surface area contributed by atoms with Crippen LogP contribution >= 0.6 is 12.4 Å². The van der Waals surface area contributed by atoms with Crippen LogP contribution in [0.3, 0.4) is 0 Å². The van der Waals surface area contributed by atoms with Gasteiger partial charge in [0.2, 0.25) is 0 Å². The molecule has 0 radical (unpaired) electrons. The van der Waals surface area contributed by atoms with Crippen molar-refractivity contribution < 1.29 is 4.74 Å². The number of hydrogen-bond acceptors (Lipinski definition) is 3. The maximum absolute atomic E-state index is 6.16. The van der Waals surface area contributed by atoms with Crippen molar-refractivity contribution in [1.82, 2.24) is 4.90 Å².